The number of Topliss-reactive ketones (excluding diaryl/α,β-unsaturated/α-hetero) is 1. The molecule has 0 amide bonds. The summed E-state index contributed by atoms with van der Waals surface area (Å²) in [4.78, 5) is 27.9. The zero-order chi connectivity index (χ0) is 20.8. The number of nitro groups is 1. The van der Waals surface area contributed by atoms with E-state index in [2.05, 4.69) is 4.99 Å². The number of rotatable bonds is 8. The lowest BCUT2D eigenvalue weighted by atomic mass is 10.0. The van der Waals surface area contributed by atoms with Crippen LogP contribution in [-0.4, -0.2) is 20.9 Å². The van der Waals surface area contributed by atoms with Crippen molar-refractivity contribution in [2.24, 2.45) is 4.99 Å². The van der Waals surface area contributed by atoms with Crippen LogP contribution in [0.2, 0.25) is 0 Å². The molecule has 148 valence electrons. The molecule has 0 radical (unpaired) electrons. The Kier molecular flexibility index (Phi) is 6.43. The standard InChI is InChI=1S/C20H17N3O5S/c24-13-14-3-1-9-22(12-14)18(20(29)21-11-17-4-2-10-28-17)19(25)15-5-7-16(8-6-15)23(26)27/h1-10,12,18,24H,11,13H2/t18-/m0/s1. The summed E-state index contributed by atoms with van der Waals surface area (Å²) in [6, 6.07) is 11.2. The van der Waals surface area contributed by atoms with Crippen molar-refractivity contribution in [3.8, 4) is 0 Å². The fourth-order valence-electron chi connectivity index (χ4n) is 2.72. The maximum atomic E-state index is 13.2. The molecule has 0 aliphatic rings. The van der Waals surface area contributed by atoms with Gasteiger partial charge in [0.25, 0.3) is 5.69 Å². The number of carbonyl (C=O) groups excluding carboxylic acids is 1. The predicted molar refractivity (Wildman–Crippen MR) is 106 cm³/mol. The monoisotopic (exact) mass is 411 g/mol. The number of nitrogens with zero attached hydrogens (tertiary/aromatic N) is 3. The largest absolute Gasteiger partial charge is 0.758 e. The minimum Gasteiger partial charge on any atom is -0.758 e. The molecule has 2 heterocycles. The average Bonchev–Trinajstić information content (AvgIpc) is 3.26. The van der Waals surface area contributed by atoms with E-state index in [1.165, 1.54) is 30.5 Å². The normalized spacial score (nSPS) is 12.5. The molecule has 0 fully saturated rings. The summed E-state index contributed by atoms with van der Waals surface area (Å²) in [6.45, 7) is -0.0221. The first kappa shape index (κ1) is 20.3. The first-order valence-corrected chi connectivity index (χ1v) is 9.03. The number of ketones is 1. The molecule has 0 saturated heterocycles. The zero-order valence-electron chi connectivity index (χ0n) is 15.2. The number of aliphatic hydroxyl groups is 1. The summed E-state index contributed by atoms with van der Waals surface area (Å²) in [5, 5.41) is 20.4. The number of carbonyl (C=O) groups is 1. The molecule has 0 unspecified atom stereocenters. The van der Waals surface area contributed by atoms with Crippen LogP contribution in [0.1, 0.15) is 27.7 Å². The van der Waals surface area contributed by atoms with Crippen LogP contribution in [0.25, 0.3) is 0 Å². The highest BCUT2D eigenvalue weighted by atomic mass is 32.1. The Labute approximate surface area is 171 Å². The molecule has 9 heteroatoms. The van der Waals surface area contributed by atoms with Gasteiger partial charge in [-0.2, -0.15) is 4.57 Å². The van der Waals surface area contributed by atoms with Crippen LogP contribution in [-0.2, 0) is 25.8 Å². The lowest BCUT2D eigenvalue weighted by Gasteiger charge is -2.19. The molecule has 0 spiro atoms. The van der Waals surface area contributed by atoms with Crippen LogP contribution in [0.3, 0.4) is 0 Å². The van der Waals surface area contributed by atoms with Crippen molar-refractivity contribution in [1.82, 2.24) is 0 Å². The van der Waals surface area contributed by atoms with Gasteiger partial charge in [0.05, 0.1) is 24.3 Å². The van der Waals surface area contributed by atoms with Gasteiger partial charge in [0, 0.05) is 29.3 Å². The molecule has 0 bridgehead atoms. The van der Waals surface area contributed by atoms with Crippen molar-refractivity contribution >= 4 is 29.1 Å². The van der Waals surface area contributed by atoms with E-state index in [0.717, 1.165) is 0 Å². The molecule has 0 aliphatic carbocycles. The number of non-ortho nitro benzene ring substituents is 1. The topological polar surface area (TPSA) is 110 Å². The zero-order valence-corrected chi connectivity index (χ0v) is 16.0. The molecule has 3 rings (SSSR count). The molecule has 8 nitrogen and oxygen atoms in total. The summed E-state index contributed by atoms with van der Waals surface area (Å²) in [6.07, 6.45) is 4.79. The number of hydrogen-bond donors (Lipinski definition) is 1. The maximum Gasteiger partial charge on any atom is 0.269 e. The number of aliphatic hydroxyl groups excluding tert-OH is 1. The van der Waals surface area contributed by atoms with E-state index in [4.69, 9.17) is 17.0 Å². The molecule has 0 saturated carbocycles. The van der Waals surface area contributed by atoms with E-state index >= 15 is 0 Å². The molecule has 1 N–H and O–H groups in total. The third kappa shape index (κ3) is 4.89. The van der Waals surface area contributed by atoms with Crippen molar-refractivity contribution in [1.29, 1.82) is 0 Å². The van der Waals surface area contributed by atoms with E-state index in [1.807, 2.05) is 0 Å². The second-order valence-corrected chi connectivity index (χ2v) is 6.54. The fraction of sp³-hybridized carbons (Fsp3) is 0.150. The Morgan fingerprint density at radius 2 is 2.00 bits per heavy atom. The van der Waals surface area contributed by atoms with Gasteiger partial charge in [-0.25, -0.2) is 0 Å². The van der Waals surface area contributed by atoms with Gasteiger partial charge in [-0.15, -0.1) is 0 Å². The number of furan rings is 1. The highest BCUT2D eigenvalue weighted by Gasteiger charge is 2.29. The van der Waals surface area contributed by atoms with Crippen molar-refractivity contribution < 1.29 is 23.8 Å². The van der Waals surface area contributed by atoms with Crippen molar-refractivity contribution in [2.75, 3.05) is 0 Å². The Morgan fingerprint density at radius 3 is 2.62 bits per heavy atom. The van der Waals surface area contributed by atoms with Gasteiger partial charge in [0.1, 0.15) is 5.76 Å². The summed E-state index contributed by atoms with van der Waals surface area (Å²) in [5.41, 5.74) is 0.749. The number of aromatic nitrogens is 1. The van der Waals surface area contributed by atoms with Crippen LogP contribution < -0.4 is 4.57 Å². The van der Waals surface area contributed by atoms with Gasteiger partial charge >= 0.3 is 0 Å². The van der Waals surface area contributed by atoms with Gasteiger partial charge in [-0.3, -0.25) is 14.9 Å². The van der Waals surface area contributed by atoms with Gasteiger partial charge in [-0.05, 0) is 35.4 Å². The number of benzene rings is 1. The minimum atomic E-state index is -0.951. The van der Waals surface area contributed by atoms with E-state index in [0.29, 0.717) is 11.3 Å². The number of aliphatic imine (C=N–C) groups is 1. The van der Waals surface area contributed by atoms with E-state index < -0.39 is 11.0 Å². The lowest BCUT2D eigenvalue weighted by Crippen LogP contribution is -2.48. The highest BCUT2D eigenvalue weighted by molar-refractivity contribution is 7.77. The third-order valence-corrected chi connectivity index (χ3v) is 4.53. The Bertz CT molecular complexity index is 1030. The number of nitro benzene ring substituents is 1. The first-order chi connectivity index (χ1) is 14.0. The molecular formula is C20H17N3O5S. The quantitative estimate of drug-likeness (QED) is 0.116. The summed E-state index contributed by atoms with van der Waals surface area (Å²) >= 11 is 5.43. The Balaban J connectivity index is 1.97. The summed E-state index contributed by atoms with van der Waals surface area (Å²) in [7, 11) is 0. The van der Waals surface area contributed by atoms with Crippen LogP contribution >= 0.6 is 0 Å². The smallest absolute Gasteiger partial charge is 0.269 e. The predicted octanol–water partition coefficient (Wildman–Crippen LogP) is 2.54. The third-order valence-electron chi connectivity index (χ3n) is 4.18. The van der Waals surface area contributed by atoms with E-state index in [-0.39, 0.29) is 35.2 Å². The lowest BCUT2D eigenvalue weighted by molar-refractivity contribution is -0.692. The van der Waals surface area contributed by atoms with Crippen molar-refractivity contribution in [3.05, 3.63) is 94.2 Å². The maximum absolute atomic E-state index is 13.2. The molecule has 29 heavy (non-hydrogen) atoms. The molecule has 3 aromatic rings. The van der Waals surface area contributed by atoms with Crippen molar-refractivity contribution in [3.63, 3.8) is 0 Å². The average molecular weight is 411 g/mol. The van der Waals surface area contributed by atoms with Crippen LogP contribution in [0.15, 0.2) is 76.6 Å². The minimum absolute atomic E-state index is 0.113. The van der Waals surface area contributed by atoms with E-state index in [1.54, 1.807) is 41.2 Å². The summed E-state index contributed by atoms with van der Waals surface area (Å²) in [5.74, 6) is 0.233. The molecular weight excluding hydrogens is 394 g/mol. The Morgan fingerprint density at radius 1 is 1.24 bits per heavy atom. The fourth-order valence-corrected chi connectivity index (χ4v) is 3.02. The van der Waals surface area contributed by atoms with Gasteiger partial charge < -0.3 is 27.1 Å². The molecule has 1 atom stereocenters. The van der Waals surface area contributed by atoms with Gasteiger partial charge in [-0.1, -0.05) is 0 Å². The highest BCUT2D eigenvalue weighted by Crippen LogP contribution is 2.17. The summed E-state index contributed by atoms with van der Waals surface area (Å²) < 4.78 is 6.82. The van der Waals surface area contributed by atoms with Gasteiger partial charge in [0.15, 0.2) is 12.4 Å². The van der Waals surface area contributed by atoms with E-state index in [9.17, 15) is 20.0 Å². The van der Waals surface area contributed by atoms with Crippen molar-refractivity contribution in [2.45, 2.75) is 19.2 Å². The van der Waals surface area contributed by atoms with Gasteiger partial charge in [0.2, 0.25) is 11.8 Å². The molecule has 1 aromatic carbocycles. The molecule has 0 aliphatic heterocycles. The second-order valence-electron chi connectivity index (χ2n) is 6.12. The first-order valence-electron chi connectivity index (χ1n) is 8.62. The van der Waals surface area contributed by atoms with Crippen LogP contribution in [0.5, 0.6) is 0 Å². The second kappa shape index (κ2) is 9.18. The van der Waals surface area contributed by atoms with Crippen LogP contribution in [0.4, 0.5) is 5.69 Å². The van der Waals surface area contributed by atoms with Crippen LogP contribution in [0, 0.1) is 10.1 Å². The Hall–Kier alpha value is -3.43. The SMILES string of the molecule is O=C(c1ccc([N+](=O)[O-])cc1)[C@@H](C([S-])=NCc1ccco1)[n+]1cccc(CO)c1. The molecule has 2 aromatic heterocycles. The number of hydrogen-bond acceptors (Lipinski definition) is 7. The number of pyridine rings is 1.